The molecule has 148 valence electrons. The summed E-state index contributed by atoms with van der Waals surface area (Å²) in [4.78, 5) is 28.3. The van der Waals surface area contributed by atoms with E-state index in [4.69, 9.17) is 21.1 Å². The maximum Gasteiger partial charge on any atom is 0.246 e. The van der Waals surface area contributed by atoms with Gasteiger partial charge < -0.3 is 19.3 Å². The molecule has 0 radical (unpaired) electrons. The molecule has 1 aromatic rings. The van der Waals surface area contributed by atoms with Crippen LogP contribution in [0.5, 0.6) is 0 Å². The van der Waals surface area contributed by atoms with Crippen molar-refractivity contribution in [1.82, 2.24) is 9.80 Å². The van der Waals surface area contributed by atoms with Gasteiger partial charge in [0.05, 0.1) is 6.54 Å². The van der Waals surface area contributed by atoms with E-state index in [2.05, 4.69) is 0 Å². The summed E-state index contributed by atoms with van der Waals surface area (Å²) in [7, 11) is 0. The van der Waals surface area contributed by atoms with E-state index in [1.807, 2.05) is 26.0 Å². The molecule has 2 rings (SSSR count). The van der Waals surface area contributed by atoms with Crippen molar-refractivity contribution in [1.29, 1.82) is 0 Å². The molecule has 7 heteroatoms. The van der Waals surface area contributed by atoms with Crippen LogP contribution in [0.3, 0.4) is 0 Å². The van der Waals surface area contributed by atoms with E-state index in [9.17, 15) is 9.59 Å². The maximum absolute atomic E-state index is 12.5. The first-order valence-corrected chi connectivity index (χ1v) is 9.64. The van der Waals surface area contributed by atoms with Gasteiger partial charge in [-0.25, -0.2) is 0 Å². The van der Waals surface area contributed by atoms with E-state index in [0.717, 1.165) is 5.56 Å². The molecule has 0 bridgehead atoms. The highest BCUT2D eigenvalue weighted by Gasteiger charge is 2.25. The third-order valence-corrected chi connectivity index (χ3v) is 4.48. The van der Waals surface area contributed by atoms with Crippen molar-refractivity contribution in [2.45, 2.75) is 26.6 Å². The fourth-order valence-corrected chi connectivity index (χ4v) is 3.07. The van der Waals surface area contributed by atoms with Crippen LogP contribution in [0.2, 0.25) is 5.02 Å². The lowest BCUT2D eigenvalue weighted by Crippen LogP contribution is -2.41. The van der Waals surface area contributed by atoms with Crippen molar-refractivity contribution >= 4 is 29.5 Å². The van der Waals surface area contributed by atoms with Crippen LogP contribution in [0.4, 0.5) is 0 Å². The third kappa shape index (κ3) is 6.97. The van der Waals surface area contributed by atoms with Crippen molar-refractivity contribution in [3.05, 3.63) is 40.9 Å². The average Bonchev–Trinajstić information content (AvgIpc) is 2.82. The molecular weight excluding hydrogens is 368 g/mol. The van der Waals surface area contributed by atoms with E-state index in [1.54, 1.807) is 28.0 Å². The van der Waals surface area contributed by atoms with Gasteiger partial charge in [0, 0.05) is 50.4 Å². The molecule has 0 unspecified atom stereocenters. The number of halogens is 1. The number of hydrogen-bond donors (Lipinski definition) is 0. The first-order chi connectivity index (χ1) is 13.0. The molecule has 0 aliphatic carbocycles. The fraction of sp³-hybridized carbons (Fsp3) is 0.500. The first kappa shape index (κ1) is 21.4. The van der Waals surface area contributed by atoms with Gasteiger partial charge in [-0.05, 0) is 37.6 Å². The van der Waals surface area contributed by atoms with Gasteiger partial charge in [-0.1, -0.05) is 23.7 Å². The largest absolute Gasteiger partial charge is 0.351 e. The highest BCUT2D eigenvalue weighted by molar-refractivity contribution is 6.30. The summed E-state index contributed by atoms with van der Waals surface area (Å²) >= 11 is 5.96. The standard InChI is InChI=1S/C20H27ClN2O4/c1-3-26-20(27-4-2)15-23-13-12-22(11-10-19(23)25)18(24)9-8-16-6-5-7-17(21)14-16/h5-9,14,20H,3-4,10-13,15H2,1-2H3. The number of hydrogen-bond acceptors (Lipinski definition) is 4. The number of rotatable bonds is 8. The second-order valence-corrected chi connectivity index (χ2v) is 6.58. The second kappa shape index (κ2) is 11.1. The zero-order valence-corrected chi connectivity index (χ0v) is 16.7. The van der Waals surface area contributed by atoms with E-state index in [1.165, 1.54) is 6.08 Å². The van der Waals surface area contributed by atoms with E-state index < -0.39 is 6.29 Å². The number of benzene rings is 1. The highest BCUT2D eigenvalue weighted by Crippen LogP contribution is 2.13. The molecule has 1 heterocycles. The summed E-state index contributed by atoms with van der Waals surface area (Å²) in [6.45, 7) is 6.55. The Bertz CT molecular complexity index is 659. The molecule has 0 atom stereocenters. The lowest BCUT2D eigenvalue weighted by Gasteiger charge is -2.26. The van der Waals surface area contributed by atoms with E-state index in [0.29, 0.717) is 50.8 Å². The lowest BCUT2D eigenvalue weighted by molar-refractivity contribution is -0.158. The van der Waals surface area contributed by atoms with E-state index in [-0.39, 0.29) is 11.8 Å². The maximum atomic E-state index is 12.5. The number of nitrogens with zero attached hydrogens (tertiary/aromatic N) is 2. The van der Waals surface area contributed by atoms with Gasteiger partial charge >= 0.3 is 0 Å². The minimum absolute atomic E-state index is 0.00790. The van der Waals surface area contributed by atoms with Crippen molar-refractivity contribution in [2.75, 3.05) is 39.4 Å². The average molecular weight is 395 g/mol. The van der Waals surface area contributed by atoms with E-state index >= 15 is 0 Å². The predicted molar refractivity (Wildman–Crippen MR) is 105 cm³/mol. The molecule has 6 nitrogen and oxygen atoms in total. The Labute approximate surface area is 165 Å². The van der Waals surface area contributed by atoms with Gasteiger partial charge in [-0.15, -0.1) is 0 Å². The third-order valence-electron chi connectivity index (χ3n) is 4.24. The smallest absolute Gasteiger partial charge is 0.246 e. The van der Waals surface area contributed by atoms with Crippen LogP contribution in [0.25, 0.3) is 6.08 Å². The molecule has 0 N–H and O–H groups in total. The van der Waals surface area contributed by atoms with Gasteiger partial charge in [0.1, 0.15) is 0 Å². The van der Waals surface area contributed by atoms with Crippen molar-refractivity contribution < 1.29 is 19.1 Å². The Hall–Kier alpha value is -1.89. The normalized spacial score (nSPS) is 15.6. The molecule has 27 heavy (non-hydrogen) atoms. The Morgan fingerprint density at radius 1 is 1.22 bits per heavy atom. The number of ether oxygens (including phenoxy) is 2. The van der Waals surface area contributed by atoms with Crippen molar-refractivity contribution in [3.63, 3.8) is 0 Å². The summed E-state index contributed by atoms with van der Waals surface area (Å²) < 4.78 is 11.1. The van der Waals surface area contributed by atoms with Gasteiger partial charge in [0.15, 0.2) is 6.29 Å². The number of carbonyl (C=O) groups is 2. The van der Waals surface area contributed by atoms with Crippen LogP contribution in [0.1, 0.15) is 25.8 Å². The van der Waals surface area contributed by atoms with Crippen LogP contribution in [-0.2, 0) is 19.1 Å². The monoisotopic (exact) mass is 394 g/mol. The Morgan fingerprint density at radius 3 is 2.63 bits per heavy atom. The molecule has 0 aromatic heterocycles. The summed E-state index contributed by atoms with van der Waals surface area (Å²) in [5, 5.41) is 0.624. The van der Waals surface area contributed by atoms with Crippen LogP contribution in [0, 0.1) is 0 Å². The molecular formula is C20H27ClN2O4. The molecule has 1 fully saturated rings. The number of amides is 2. The van der Waals surface area contributed by atoms with Crippen LogP contribution in [0.15, 0.2) is 30.3 Å². The molecule has 1 aromatic carbocycles. The lowest BCUT2D eigenvalue weighted by atomic mass is 10.2. The highest BCUT2D eigenvalue weighted by atomic mass is 35.5. The summed E-state index contributed by atoms with van der Waals surface area (Å²) in [5.41, 5.74) is 0.861. The molecule has 1 aliphatic heterocycles. The zero-order chi connectivity index (χ0) is 19.6. The minimum Gasteiger partial charge on any atom is -0.351 e. The molecule has 1 saturated heterocycles. The summed E-state index contributed by atoms with van der Waals surface area (Å²) in [6, 6.07) is 7.29. The SMILES string of the molecule is CCOC(CN1CCN(C(=O)C=Cc2cccc(Cl)c2)CCC1=O)OCC. The van der Waals surface area contributed by atoms with Gasteiger partial charge in [0.2, 0.25) is 11.8 Å². The topological polar surface area (TPSA) is 59.1 Å². The molecule has 0 spiro atoms. The van der Waals surface area contributed by atoms with Gasteiger partial charge in [-0.2, -0.15) is 0 Å². The second-order valence-electron chi connectivity index (χ2n) is 6.14. The summed E-state index contributed by atoms with van der Waals surface area (Å²) in [5.74, 6) is -0.107. The fourth-order valence-electron chi connectivity index (χ4n) is 2.87. The van der Waals surface area contributed by atoms with Crippen molar-refractivity contribution in [2.24, 2.45) is 0 Å². The predicted octanol–water partition coefficient (Wildman–Crippen LogP) is 2.81. The Kier molecular flexibility index (Phi) is 8.78. The first-order valence-electron chi connectivity index (χ1n) is 9.27. The Balaban J connectivity index is 1.93. The quantitative estimate of drug-likeness (QED) is 0.502. The van der Waals surface area contributed by atoms with Crippen LogP contribution < -0.4 is 0 Å². The van der Waals surface area contributed by atoms with Crippen LogP contribution in [-0.4, -0.2) is 67.3 Å². The molecule has 2 amide bonds. The summed E-state index contributed by atoms with van der Waals surface area (Å²) in [6.07, 6.45) is 3.12. The minimum atomic E-state index is -0.436. The van der Waals surface area contributed by atoms with Crippen molar-refractivity contribution in [3.8, 4) is 0 Å². The molecule has 1 aliphatic rings. The van der Waals surface area contributed by atoms with Crippen LogP contribution >= 0.6 is 11.6 Å². The molecule has 0 saturated carbocycles. The Morgan fingerprint density at radius 2 is 1.96 bits per heavy atom. The zero-order valence-electron chi connectivity index (χ0n) is 15.9. The number of carbonyl (C=O) groups excluding carboxylic acids is 2. The van der Waals surface area contributed by atoms with Gasteiger partial charge in [-0.3, -0.25) is 9.59 Å². The van der Waals surface area contributed by atoms with Gasteiger partial charge in [0.25, 0.3) is 0 Å².